The largest absolute Gasteiger partial charge is 0.497 e. The van der Waals surface area contributed by atoms with Gasteiger partial charge in [-0.1, -0.05) is 23.2 Å². The number of aromatic nitrogens is 2. The third kappa shape index (κ3) is 4.41. The van der Waals surface area contributed by atoms with Gasteiger partial charge in [-0.2, -0.15) is 0 Å². The highest BCUT2D eigenvalue weighted by Crippen LogP contribution is 2.25. The number of anilines is 3. The van der Waals surface area contributed by atoms with Crippen molar-refractivity contribution >= 4 is 46.3 Å². The van der Waals surface area contributed by atoms with E-state index >= 15 is 0 Å². The number of benzene rings is 2. The maximum absolute atomic E-state index is 12.4. The maximum atomic E-state index is 12.4. The number of hydrogen-bond donors (Lipinski definition) is 2. The number of hydrogen-bond acceptors (Lipinski definition) is 5. The lowest BCUT2D eigenvalue weighted by Crippen LogP contribution is -2.14. The van der Waals surface area contributed by atoms with Crippen LogP contribution in [0.1, 0.15) is 10.5 Å². The topological polar surface area (TPSA) is 76.1 Å². The molecule has 2 aromatic carbocycles. The summed E-state index contributed by atoms with van der Waals surface area (Å²) in [5.41, 5.74) is 1.54. The monoisotopic (exact) mass is 388 g/mol. The second-order valence-electron chi connectivity index (χ2n) is 5.23. The summed E-state index contributed by atoms with van der Waals surface area (Å²) in [6, 6.07) is 13.7. The minimum Gasteiger partial charge on any atom is -0.497 e. The molecule has 0 aliphatic rings. The highest BCUT2D eigenvalue weighted by atomic mass is 35.5. The van der Waals surface area contributed by atoms with Crippen LogP contribution in [0, 0.1) is 0 Å². The summed E-state index contributed by atoms with van der Waals surface area (Å²) in [7, 11) is 1.60. The summed E-state index contributed by atoms with van der Waals surface area (Å²) < 4.78 is 5.12. The molecular formula is C18H14Cl2N4O2. The van der Waals surface area contributed by atoms with E-state index < -0.39 is 0 Å². The van der Waals surface area contributed by atoms with Crippen molar-refractivity contribution in [1.82, 2.24) is 9.97 Å². The first-order chi connectivity index (χ1) is 12.5. The fourth-order valence-electron chi connectivity index (χ4n) is 2.14. The number of rotatable bonds is 5. The van der Waals surface area contributed by atoms with Crippen molar-refractivity contribution in [3.63, 3.8) is 0 Å². The smallest absolute Gasteiger partial charge is 0.274 e. The predicted octanol–water partition coefficient (Wildman–Crippen LogP) is 4.79. The second kappa shape index (κ2) is 8.03. The van der Waals surface area contributed by atoms with Gasteiger partial charge in [0, 0.05) is 17.4 Å². The van der Waals surface area contributed by atoms with Crippen molar-refractivity contribution in [1.29, 1.82) is 0 Å². The van der Waals surface area contributed by atoms with Crippen molar-refractivity contribution in [3.8, 4) is 5.75 Å². The van der Waals surface area contributed by atoms with Crippen LogP contribution in [0.4, 0.5) is 17.2 Å². The maximum Gasteiger partial charge on any atom is 0.274 e. The molecule has 0 saturated carbocycles. The number of carbonyl (C=O) groups excluding carboxylic acids is 1. The number of halogens is 2. The van der Waals surface area contributed by atoms with Crippen LogP contribution in [0.2, 0.25) is 10.0 Å². The average Bonchev–Trinajstić information content (AvgIpc) is 2.65. The van der Waals surface area contributed by atoms with E-state index in [1.165, 1.54) is 6.33 Å². The molecule has 0 spiro atoms. The Balaban J connectivity index is 1.73. The number of carbonyl (C=O) groups is 1. The first-order valence-electron chi connectivity index (χ1n) is 7.54. The molecule has 1 heterocycles. The van der Waals surface area contributed by atoms with Gasteiger partial charge in [-0.05, 0) is 42.5 Å². The van der Waals surface area contributed by atoms with Crippen molar-refractivity contribution < 1.29 is 9.53 Å². The zero-order valence-corrected chi connectivity index (χ0v) is 15.2. The Morgan fingerprint density at radius 1 is 0.962 bits per heavy atom. The van der Waals surface area contributed by atoms with E-state index in [1.54, 1.807) is 31.4 Å². The van der Waals surface area contributed by atoms with E-state index in [9.17, 15) is 4.79 Å². The number of nitrogens with zero attached hydrogens (tertiary/aromatic N) is 2. The van der Waals surface area contributed by atoms with Crippen LogP contribution in [0.15, 0.2) is 54.9 Å². The number of ether oxygens (including phenoxy) is 1. The van der Waals surface area contributed by atoms with Crippen molar-refractivity contribution in [2.45, 2.75) is 0 Å². The van der Waals surface area contributed by atoms with Gasteiger partial charge in [0.25, 0.3) is 5.91 Å². The summed E-state index contributed by atoms with van der Waals surface area (Å²) in [4.78, 5) is 20.5. The lowest BCUT2D eigenvalue weighted by Gasteiger charge is -2.09. The Labute approximate surface area is 160 Å². The zero-order valence-electron chi connectivity index (χ0n) is 13.7. The molecule has 1 aromatic heterocycles. The first-order valence-corrected chi connectivity index (χ1v) is 8.30. The molecule has 2 N–H and O–H groups in total. The molecule has 0 unspecified atom stereocenters. The minimum absolute atomic E-state index is 0.210. The first kappa shape index (κ1) is 18.0. The van der Waals surface area contributed by atoms with E-state index in [4.69, 9.17) is 27.9 Å². The Morgan fingerprint density at radius 2 is 1.69 bits per heavy atom. The van der Waals surface area contributed by atoms with Crippen LogP contribution in [0.3, 0.4) is 0 Å². The van der Waals surface area contributed by atoms with Gasteiger partial charge in [-0.25, -0.2) is 9.97 Å². The van der Waals surface area contributed by atoms with Crippen LogP contribution >= 0.6 is 23.2 Å². The van der Waals surface area contributed by atoms with Crippen molar-refractivity contribution in [2.24, 2.45) is 0 Å². The van der Waals surface area contributed by atoms with Crippen LogP contribution < -0.4 is 15.4 Å². The quantitative estimate of drug-likeness (QED) is 0.656. The van der Waals surface area contributed by atoms with Crippen LogP contribution in [-0.4, -0.2) is 23.0 Å². The van der Waals surface area contributed by atoms with Crippen LogP contribution in [-0.2, 0) is 0 Å². The highest BCUT2D eigenvalue weighted by molar-refractivity contribution is 6.42. The average molecular weight is 389 g/mol. The second-order valence-corrected chi connectivity index (χ2v) is 6.04. The molecule has 26 heavy (non-hydrogen) atoms. The van der Waals surface area contributed by atoms with E-state index in [-0.39, 0.29) is 11.6 Å². The lowest BCUT2D eigenvalue weighted by atomic mass is 10.3. The molecule has 0 saturated heterocycles. The van der Waals surface area contributed by atoms with Gasteiger partial charge >= 0.3 is 0 Å². The molecule has 3 rings (SSSR count). The molecular weight excluding hydrogens is 375 g/mol. The van der Waals surface area contributed by atoms with E-state index in [1.807, 2.05) is 24.3 Å². The van der Waals surface area contributed by atoms with Gasteiger partial charge in [-0.15, -0.1) is 0 Å². The molecule has 0 fully saturated rings. The fourth-order valence-corrected chi connectivity index (χ4v) is 2.44. The normalized spacial score (nSPS) is 10.3. The summed E-state index contributed by atoms with van der Waals surface area (Å²) >= 11 is 11.8. The molecule has 0 bridgehead atoms. The molecule has 0 aliphatic heterocycles. The van der Waals surface area contributed by atoms with Gasteiger partial charge < -0.3 is 15.4 Å². The fraction of sp³-hybridized carbons (Fsp3) is 0.0556. The Bertz CT molecular complexity index is 933. The van der Waals surface area contributed by atoms with Gasteiger partial charge in [0.15, 0.2) is 0 Å². The van der Waals surface area contributed by atoms with Gasteiger partial charge in [0.05, 0.1) is 17.2 Å². The molecule has 0 aliphatic carbocycles. The summed E-state index contributed by atoms with van der Waals surface area (Å²) in [5.74, 6) is 0.855. The highest BCUT2D eigenvalue weighted by Gasteiger charge is 2.10. The molecule has 8 heteroatoms. The Kier molecular flexibility index (Phi) is 5.55. The number of methoxy groups -OCH3 is 1. The Hall–Kier alpha value is -2.83. The van der Waals surface area contributed by atoms with Crippen molar-refractivity contribution in [3.05, 3.63) is 70.6 Å². The van der Waals surface area contributed by atoms with Crippen LogP contribution in [0.25, 0.3) is 0 Å². The SMILES string of the molecule is COc1ccc(Nc2cc(C(=O)Nc3ccc(Cl)c(Cl)c3)ncn2)cc1. The molecule has 6 nitrogen and oxygen atoms in total. The predicted molar refractivity (Wildman–Crippen MR) is 103 cm³/mol. The minimum atomic E-state index is -0.386. The van der Waals surface area contributed by atoms with E-state index in [2.05, 4.69) is 20.6 Å². The molecule has 0 radical (unpaired) electrons. The molecule has 1 amide bonds. The van der Waals surface area contributed by atoms with Gasteiger partial charge in [0.2, 0.25) is 0 Å². The lowest BCUT2D eigenvalue weighted by molar-refractivity contribution is 0.102. The summed E-state index contributed by atoms with van der Waals surface area (Å²) in [6.07, 6.45) is 1.32. The number of nitrogens with one attached hydrogen (secondary N) is 2. The third-order valence-electron chi connectivity index (χ3n) is 3.44. The summed E-state index contributed by atoms with van der Waals surface area (Å²) in [6.45, 7) is 0. The van der Waals surface area contributed by atoms with E-state index in [0.29, 0.717) is 21.6 Å². The third-order valence-corrected chi connectivity index (χ3v) is 4.18. The molecule has 132 valence electrons. The number of amides is 1. The van der Waals surface area contributed by atoms with E-state index in [0.717, 1.165) is 11.4 Å². The van der Waals surface area contributed by atoms with Gasteiger partial charge in [-0.3, -0.25) is 4.79 Å². The summed E-state index contributed by atoms with van der Waals surface area (Å²) in [5, 5.41) is 6.59. The molecule has 0 atom stereocenters. The van der Waals surface area contributed by atoms with Crippen molar-refractivity contribution in [2.75, 3.05) is 17.7 Å². The van der Waals surface area contributed by atoms with Crippen LogP contribution in [0.5, 0.6) is 5.75 Å². The molecule has 3 aromatic rings. The zero-order chi connectivity index (χ0) is 18.5. The Morgan fingerprint density at radius 3 is 2.38 bits per heavy atom. The van der Waals surface area contributed by atoms with Gasteiger partial charge in [0.1, 0.15) is 23.6 Å². The standard InChI is InChI=1S/C18H14Cl2N4O2/c1-26-13-5-2-11(3-6-13)23-17-9-16(21-10-22-17)18(25)24-12-4-7-14(19)15(20)8-12/h2-10H,1H3,(H,24,25)(H,21,22,23).